The number of benzene rings is 2. The number of ether oxygens (including phenoxy) is 1. The van der Waals surface area contributed by atoms with Crippen molar-refractivity contribution in [2.75, 3.05) is 13.7 Å². The molecule has 0 saturated heterocycles. The van der Waals surface area contributed by atoms with Crippen LogP contribution in [0.5, 0.6) is 5.75 Å². The Morgan fingerprint density at radius 3 is 2.50 bits per heavy atom. The van der Waals surface area contributed by atoms with E-state index in [0.29, 0.717) is 18.4 Å². The molecule has 3 N–H and O–H groups in total. The molecule has 3 aromatic rings. The maximum absolute atomic E-state index is 12.6. The second-order valence-corrected chi connectivity index (χ2v) is 6.13. The van der Waals surface area contributed by atoms with Gasteiger partial charge in [-0.1, -0.05) is 36.4 Å². The fourth-order valence-corrected chi connectivity index (χ4v) is 2.96. The van der Waals surface area contributed by atoms with Crippen LogP contribution in [0.1, 0.15) is 16.1 Å². The Hall–Kier alpha value is -3.68. The highest BCUT2D eigenvalue weighted by molar-refractivity contribution is 6.04. The summed E-state index contributed by atoms with van der Waals surface area (Å²) in [6.07, 6.45) is 0.572. The first-order valence-electron chi connectivity index (χ1n) is 8.69. The summed E-state index contributed by atoms with van der Waals surface area (Å²) in [5, 5.41) is 7.38. The molecule has 0 radical (unpaired) electrons. The number of carbonyl (C=O) groups is 2. The minimum absolute atomic E-state index is 0.0444. The zero-order chi connectivity index (χ0) is 20.1. The molecular formula is C20H20N4O4. The summed E-state index contributed by atoms with van der Waals surface area (Å²) >= 11 is 0. The van der Waals surface area contributed by atoms with E-state index >= 15 is 0 Å². The Morgan fingerprint density at radius 2 is 1.79 bits per heavy atom. The fraction of sp³-hybridized carbons (Fsp3) is 0.200. The average molecular weight is 380 g/mol. The van der Waals surface area contributed by atoms with E-state index in [4.69, 9.17) is 10.5 Å². The number of aromatic nitrogens is 2. The number of nitrogens with one attached hydrogen (secondary N) is 1. The highest BCUT2D eigenvalue weighted by atomic mass is 16.5. The van der Waals surface area contributed by atoms with Gasteiger partial charge in [0.05, 0.1) is 12.5 Å². The van der Waals surface area contributed by atoms with Crippen LogP contribution < -0.4 is 21.3 Å². The largest absolute Gasteiger partial charge is 0.496 e. The summed E-state index contributed by atoms with van der Waals surface area (Å²) in [5.74, 6) is -0.410. The van der Waals surface area contributed by atoms with Crippen molar-refractivity contribution in [3.8, 4) is 5.75 Å². The van der Waals surface area contributed by atoms with Gasteiger partial charge in [0.2, 0.25) is 5.91 Å². The molecule has 0 unspecified atom stereocenters. The first-order chi connectivity index (χ1) is 13.5. The van der Waals surface area contributed by atoms with Crippen LogP contribution in [0.2, 0.25) is 0 Å². The van der Waals surface area contributed by atoms with Gasteiger partial charge in [-0.2, -0.15) is 5.10 Å². The number of para-hydroxylation sites is 1. The number of carbonyl (C=O) groups excluding carboxylic acids is 2. The summed E-state index contributed by atoms with van der Waals surface area (Å²) in [6, 6.07) is 14.1. The van der Waals surface area contributed by atoms with Crippen molar-refractivity contribution in [3.63, 3.8) is 0 Å². The first-order valence-corrected chi connectivity index (χ1v) is 8.69. The fourth-order valence-electron chi connectivity index (χ4n) is 2.96. The molecular weight excluding hydrogens is 360 g/mol. The number of hydrogen-bond donors (Lipinski definition) is 2. The van der Waals surface area contributed by atoms with E-state index in [1.165, 1.54) is 0 Å². The number of primary amides is 1. The van der Waals surface area contributed by atoms with E-state index in [2.05, 4.69) is 10.4 Å². The van der Waals surface area contributed by atoms with Crippen molar-refractivity contribution in [3.05, 3.63) is 70.1 Å². The predicted molar refractivity (Wildman–Crippen MR) is 104 cm³/mol. The molecule has 3 rings (SSSR count). The second-order valence-electron chi connectivity index (χ2n) is 6.13. The smallest absolute Gasteiger partial charge is 0.275 e. The molecule has 2 amide bonds. The van der Waals surface area contributed by atoms with Crippen LogP contribution in [0.4, 0.5) is 0 Å². The highest BCUT2D eigenvalue weighted by Gasteiger charge is 2.15. The number of hydrogen-bond acceptors (Lipinski definition) is 5. The Balaban J connectivity index is 1.73. The van der Waals surface area contributed by atoms with E-state index in [9.17, 15) is 14.4 Å². The van der Waals surface area contributed by atoms with Gasteiger partial charge in [0.25, 0.3) is 11.5 Å². The summed E-state index contributed by atoms with van der Waals surface area (Å²) in [5.41, 5.74) is 5.83. The molecule has 144 valence electrons. The van der Waals surface area contributed by atoms with E-state index in [1.807, 2.05) is 24.3 Å². The quantitative estimate of drug-likeness (QED) is 0.631. The van der Waals surface area contributed by atoms with Crippen LogP contribution >= 0.6 is 0 Å². The van der Waals surface area contributed by atoms with Crippen LogP contribution in [-0.2, 0) is 17.8 Å². The zero-order valence-electron chi connectivity index (χ0n) is 15.3. The third-order valence-corrected chi connectivity index (χ3v) is 4.30. The lowest BCUT2D eigenvalue weighted by atomic mass is 10.1. The maximum Gasteiger partial charge on any atom is 0.275 e. The molecule has 0 spiro atoms. The zero-order valence-corrected chi connectivity index (χ0v) is 15.3. The van der Waals surface area contributed by atoms with E-state index in [0.717, 1.165) is 16.0 Å². The summed E-state index contributed by atoms with van der Waals surface area (Å²) in [4.78, 5) is 36.5. The van der Waals surface area contributed by atoms with Crippen LogP contribution in [0.3, 0.4) is 0 Å². The third-order valence-electron chi connectivity index (χ3n) is 4.30. The number of methoxy groups -OCH3 is 1. The van der Waals surface area contributed by atoms with Crippen LogP contribution in [-0.4, -0.2) is 35.2 Å². The van der Waals surface area contributed by atoms with Gasteiger partial charge in [0, 0.05) is 11.9 Å². The Labute approximate surface area is 160 Å². The lowest BCUT2D eigenvalue weighted by molar-refractivity contribution is -0.121. The van der Waals surface area contributed by atoms with Gasteiger partial charge in [-0.3, -0.25) is 14.4 Å². The molecule has 0 bridgehead atoms. The van der Waals surface area contributed by atoms with E-state index < -0.39 is 17.4 Å². The van der Waals surface area contributed by atoms with Gasteiger partial charge < -0.3 is 15.8 Å². The number of fused-ring (bicyclic) bond motifs is 1. The molecule has 1 aromatic heterocycles. The predicted octanol–water partition coefficient (Wildman–Crippen LogP) is 0.863. The lowest BCUT2D eigenvalue weighted by Gasteiger charge is -2.11. The second kappa shape index (κ2) is 8.34. The molecule has 0 saturated carbocycles. The normalized spacial score (nSPS) is 10.6. The van der Waals surface area contributed by atoms with Crippen molar-refractivity contribution >= 4 is 22.6 Å². The van der Waals surface area contributed by atoms with Gasteiger partial charge in [0.1, 0.15) is 12.3 Å². The number of rotatable bonds is 7. The molecule has 8 heteroatoms. The summed E-state index contributed by atoms with van der Waals surface area (Å²) in [6.45, 7) is 0.0556. The van der Waals surface area contributed by atoms with Crippen LogP contribution in [0, 0.1) is 0 Å². The maximum atomic E-state index is 12.6. The van der Waals surface area contributed by atoms with Gasteiger partial charge in [-0.25, -0.2) is 4.68 Å². The molecule has 0 aliphatic rings. The highest BCUT2D eigenvalue weighted by Crippen LogP contribution is 2.17. The van der Waals surface area contributed by atoms with Crippen molar-refractivity contribution in [2.45, 2.75) is 13.0 Å². The van der Waals surface area contributed by atoms with Gasteiger partial charge in [-0.15, -0.1) is 0 Å². The average Bonchev–Trinajstić information content (AvgIpc) is 2.70. The first kappa shape index (κ1) is 19.1. The SMILES string of the molecule is COc1ccccc1CCNC(=O)Cn1nc(C(N)=O)c2ccccc2c1=O. The Bertz CT molecular complexity index is 1090. The molecule has 2 aromatic carbocycles. The van der Waals surface area contributed by atoms with Crippen molar-refractivity contribution in [2.24, 2.45) is 5.73 Å². The Kier molecular flexibility index (Phi) is 5.69. The van der Waals surface area contributed by atoms with Crippen molar-refractivity contribution < 1.29 is 14.3 Å². The molecule has 0 aliphatic heterocycles. The summed E-state index contributed by atoms with van der Waals surface area (Å²) in [7, 11) is 1.59. The minimum Gasteiger partial charge on any atom is -0.496 e. The Morgan fingerprint density at radius 1 is 1.11 bits per heavy atom. The van der Waals surface area contributed by atoms with Crippen LogP contribution in [0.15, 0.2) is 53.3 Å². The molecule has 8 nitrogen and oxygen atoms in total. The molecule has 0 fully saturated rings. The third kappa shape index (κ3) is 4.01. The van der Waals surface area contributed by atoms with Crippen LogP contribution in [0.25, 0.3) is 10.8 Å². The topological polar surface area (TPSA) is 116 Å². The molecule has 0 aliphatic carbocycles. The van der Waals surface area contributed by atoms with Gasteiger partial charge >= 0.3 is 0 Å². The molecule has 0 atom stereocenters. The number of nitrogens with zero attached hydrogens (tertiary/aromatic N) is 2. The van der Waals surface area contributed by atoms with Crippen molar-refractivity contribution in [1.29, 1.82) is 0 Å². The van der Waals surface area contributed by atoms with Crippen molar-refractivity contribution in [1.82, 2.24) is 15.1 Å². The molecule has 1 heterocycles. The van der Waals surface area contributed by atoms with E-state index in [1.54, 1.807) is 31.4 Å². The molecule has 28 heavy (non-hydrogen) atoms. The summed E-state index contributed by atoms with van der Waals surface area (Å²) < 4.78 is 6.24. The number of amides is 2. The monoisotopic (exact) mass is 380 g/mol. The minimum atomic E-state index is -0.762. The lowest BCUT2D eigenvalue weighted by Crippen LogP contribution is -2.36. The number of nitrogens with two attached hydrogens (primary N) is 1. The van der Waals surface area contributed by atoms with Gasteiger partial charge in [0.15, 0.2) is 5.69 Å². The van der Waals surface area contributed by atoms with E-state index in [-0.39, 0.29) is 17.6 Å². The standard InChI is InChI=1S/C20H20N4O4/c1-28-16-9-5-2-6-13(16)10-11-22-17(25)12-24-20(27)15-8-4-3-7-14(15)18(23-24)19(21)26/h2-9H,10-12H2,1H3,(H2,21,26)(H,22,25). The van der Waals surface area contributed by atoms with Gasteiger partial charge in [-0.05, 0) is 24.1 Å².